The molecule has 1 aliphatic rings. The second kappa shape index (κ2) is 6.85. The fraction of sp³-hybridized carbons (Fsp3) is 0.529. The minimum absolute atomic E-state index is 0.136. The Labute approximate surface area is 157 Å². The highest BCUT2D eigenvalue weighted by Crippen LogP contribution is 2.43. The van der Waals surface area contributed by atoms with Crippen molar-refractivity contribution in [2.75, 3.05) is 12.1 Å². The Morgan fingerprint density at radius 2 is 2.11 bits per heavy atom. The third kappa shape index (κ3) is 3.44. The molecule has 4 N–H and O–H groups in total. The second-order valence-corrected chi connectivity index (χ2v) is 12.5. The molecule has 3 heterocycles. The van der Waals surface area contributed by atoms with Gasteiger partial charge in [-0.25, -0.2) is 14.4 Å². The number of ether oxygens (including phenoxy) is 1. The van der Waals surface area contributed by atoms with Crippen molar-refractivity contribution in [3.8, 4) is 11.5 Å². The number of hydrogen-bond acceptors (Lipinski definition) is 7. The molecule has 0 unspecified atom stereocenters. The van der Waals surface area contributed by atoms with Crippen LogP contribution in [0.15, 0.2) is 12.5 Å². The molecule has 0 saturated carbocycles. The number of nitrogens with one attached hydrogen (secondary N) is 1. The Morgan fingerprint density at radius 1 is 1.41 bits per heavy atom. The Kier molecular flexibility index (Phi) is 5.00. The lowest BCUT2D eigenvalue weighted by Gasteiger charge is -2.25. The number of aliphatic hydroxyl groups is 2. The molecule has 1 fully saturated rings. The summed E-state index contributed by atoms with van der Waals surface area (Å²) in [5.41, 5.74) is 3.87. The normalized spacial score (nSPS) is 28.2. The first-order valence-corrected chi connectivity index (χ1v) is 12.0. The summed E-state index contributed by atoms with van der Waals surface area (Å²) in [5.74, 6) is 3.22. The van der Waals surface area contributed by atoms with E-state index in [9.17, 15) is 15.4 Å². The first-order valence-electron chi connectivity index (χ1n) is 8.52. The fourth-order valence-electron chi connectivity index (χ4n) is 3.06. The second-order valence-electron chi connectivity index (χ2n) is 7.79. The average molecular weight is 394 g/mol. The molecule has 8 nitrogen and oxygen atoms in total. The molecule has 2 aromatic rings. The molecule has 0 spiro atoms. The van der Waals surface area contributed by atoms with Crippen molar-refractivity contribution in [1.82, 2.24) is 14.5 Å². The van der Waals surface area contributed by atoms with Crippen LogP contribution in [0.25, 0.3) is 11.0 Å². The largest absolute Gasteiger partial charge is 0.394 e. The molecule has 0 amide bonds. The van der Waals surface area contributed by atoms with E-state index in [0.29, 0.717) is 16.6 Å². The van der Waals surface area contributed by atoms with Gasteiger partial charge in [0.25, 0.3) is 0 Å². The van der Waals surface area contributed by atoms with Crippen molar-refractivity contribution in [2.24, 2.45) is 0 Å². The van der Waals surface area contributed by atoms with E-state index in [2.05, 4.69) is 41.1 Å². The third-order valence-corrected chi connectivity index (χ3v) is 5.31. The lowest BCUT2D eigenvalue weighted by Crippen LogP contribution is -2.40. The Hall–Kier alpha value is -2.03. The van der Waals surface area contributed by atoms with E-state index >= 15 is 4.39 Å². The zero-order valence-electron chi connectivity index (χ0n) is 15.6. The first-order chi connectivity index (χ1) is 12.6. The van der Waals surface area contributed by atoms with Crippen molar-refractivity contribution in [3.63, 3.8) is 0 Å². The molecule has 0 aromatic carbocycles. The van der Waals surface area contributed by atoms with E-state index in [1.165, 1.54) is 17.8 Å². The minimum atomic E-state index is -2.17. The van der Waals surface area contributed by atoms with Crippen LogP contribution in [0.3, 0.4) is 0 Å². The van der Waals surface area contributed by atoms with Gasteiger partial charge in [-0.3, -0.25) is 10.7 Å². The molecule has 27 heavy (non-hydrogen) atoms. The fourth-order valence-corrected chi connectivity index (χ4v) is 3.57. The van der Waals surface area contributed by atoms with Crippen molar-refractivity contribution < 1.29 is 24.5 Å². The number of fused-ring (bicyclic) bond motifs is 1. The van der Waals surface area contributed by atoms with Crippen LogP contribution < -0.4 is 5.48 Å². The van der Waals surface area contributed by atoms with Crippen molar-refractivity contribution in [1.29, 1.82) is 0 Å². The monoisotopic (exact) mass is 394 g/mol. The summed E-state index contributed by atoms with van der Waals surface area (Å²) in [6.07, 6.45) is -0.995. The van der Waals surface area contributed by atoms with Crippen molar-refractivity contribution in [3.05, 3.63) is 18.1 Å². The average Bonchev–Trinajstić information content (AvgIpc) is 3.08. The molecule has 1 saturated heterocycles. The van der Waals surface area contributed by atoms with Gasteiger partial charge >= 0.3 is 0 Å². The number of anilines is 1. The van der Waals surface area contributed by atoms with Crippen molar-refractivity contribution >= 4 is 24.9 Å². The minimum Gasteiger partial charge on any atom is -0.394 e. The predicted octanol–water partition coefficient (Wildman–Crippen LogP) is 1.44. The van der Waals surface area contributed by atoms with Crippen LogP contribution in [0.4, 0.5) is 10.2 Å². The molecular weight excluding hydrogens is 371 g/mol. The lowest BCUT2D eigenvalue weighted by atomic mass is 9.98. The van der Waals surface area contributed by atoms with E-state index in [-0.39, 0.29) is 5.82 Å². The zero-order chi connectivity index (χ0) is 20.0. The SMILES string of the molecule is C[C@@]1(F)[C@H](O)[C@@H](CO)O[C@H]1n1cc(C#C[Si](C)(C)C)c2c(NO)ncnc21. The van der Waals surface area contributed by atoms with Crippen LogP contribution >= 0.6 is 0 Å². The van der Waals surface area contributed by atoms with Gasteiger partial charge in [-0.2, -0.15) is 0 Å². The summed E-state index contributed by atoms with van der Waals surface area (Å²) in [7, 11) is -1.71. The van der Waals surface area contributed by atoms with Gasteiger partial charge in [-0.15, -0.1) is 5.54 Å². The molecule has 146 valence electrons. The highest BCUT2D eigenvalue weighted by molar-refractivity contribution is 6.83. The quantitative estimate of drug-likeness (QED) is 0.354. The van der Waals surface area contributed by atoms with Gasteiger partial charge in [0, 0.05) is 6.20 Å². The summed E-state index contributed by atoms with van der Waals surface area (Å²) in [5, 5.41) is 29.4. The van der Waals surface area contributed by atoms with Gasteiger partial charge in [0.1, 0.15) is 32.3 Å². The molecule has 4 atom stereocenters. The highest BCUT2D eigenvalue weighted by atomic mass is 28.3. The van der Waals surface area contributed by atoms with Gasteiger partial charge in [-0.1, -0.05) is 25.6 Å². The maximum absolute atomic E-state index is 15.2. The van der Waals surface area contributed by atoms with Crippen LogP contribution in [-0.2, 0) is 4.74 Å². The number of nitrogens with zero attached hydrogens (tertiary/aromatic N) is 3. The lowest BCUT2D eigenvalue weighted by molar-refractivity contribution is -0.0564. The number of alkyl halides is 1. The maximum atomic E-state index is 15.2. The smallest absolute Gasteiger partial charge is 0.181 e. The van der Waals surface area contributed by atoms with Gasteiger partial charge in [-0.05, 0) is 6.92 Å². The molecular formula is C17H23FN4O4Si. The van der Waals surface area contributed by atoms with E-state index in [4.69, 9.17) is 4.74 Å². The topological polar surface area (TPSA) is 113 Å². The molecule has 2 aromatic heterocycles. The Balaban J connectivity index is 2.21. The standard InChI is InChI=1S/C17H23FN4O4Si/c1-17(18)13(24)11(8-23)26-16(17)22-7-10(5-6-27(2,3)4)12-14(21-25)19-9-20-15(12)22/h7,9,11,13,16,23-25H,8H2,1-4H3,(H,19,20,21)/t11-,13-,16-,17-/m1/s1. The van der Waals surface area contributed by atoms with E-state index < -0.39 is 38.8 Å². The van der Waals surface area contributed by atoms with Crippen molar-refractivity contribution in [2.45, 2.75) is 50.7 Å². The zero-order valence-corrected chi connectivity index (χ0v) is 16.6. The third-order valence-electron chi connectivity index (χ3n) is 4.44. The van der Waals surface area contributed by atoms with Gasteiger partial charge in [0.05, 0.1) is 17.6 Å². The Morgan fingerprint density at radius 3 is 2.67 bits per heavy atom. The summed E-state index contributed by atoms with van der Waals surface area (Å²) < 4.78 is 22.2. The van der Waals surface area contributed by atoms with Crippen LogP contribution in [0.2, 0.25) is 19.6 Å². The maximum Gasteiger partial charge on any atom is 0.181 e. The van der Waals surface area contributed by atoms with Gasteiger partial charge < -0.3 is 19.5 Å². The summed E-state index contributed by atoms with van der Waals surface area (Å²) in [6, 6.07) is 0. The summed E-state index contributed by atoms with van der Waals surface area (Å²) in [6.45, 7) is 6.95. The Bertz CT molecular complexity index is 915. The van der Waals surface area contributed by atoms with Crippen LogP contribution in [-0.4, -0.2) is 62.5 Å². The van der Waals surface area contributed by atoms with Crippen LogP contribution in [0.5, 0.6) is 0 Å². The molecule has 0 bridgehead atoms. The van der Waals surface area contributed by atoms with E-state index in [1.54, 1.807) is 6.20 Å². The van der Waals surface area contributed by atoms with Crippen LogP contribution in [0.1, 0.15) is 18.7 Å². The number of hydrogen-bond donors (Lipinski definition) is 4. The van der Waals surface area contributed by atoms with E-state index in [0.717, 1.165) is 0 Å². The number of rotatable bonds is 3. The molecule has 10 heteroatoms. The van der Waals surface area contributed by atoms with Gasteiger partial charge in [0.15, 0.2) is 17.7 Å². The molecule has 1 aliphatic heterocycles. The van der Waals surface area contributed by atoms with Crippen LogP contribution in [0, 0.1) is 11.5 Å². The number of aliphatic hydroxyl groups excluding tert-OH is 2. The number of halogens is 1. The molecule has 3 rings (SSSR count). The molecule has 0 aliphatic carbocycles. The van der Waals surface area contributed by atoms with E-state index in [1.807, 2.05) is 5.48 Å². The molecule has 0 radical (unpaired) electrons. The summed E-state index contributed by atoms with van der Waals surface area (Å²) >= 11 is 0. The summed E-state index contributed by atoms with van der Waals surface area (Å²) in [4.78, 5) is 8.18. The highest BCUT2D eigenvalue weighted by Gasteiger charge is 2.55. The number of aromatic nitrogens is 3. The van der Waals surface area contributed by atoms with Gasteiger partial charge in [0.2, 0.25) is 0 Å². The first kappa shape index (κ1) is 19.7. The predicted molar refractivity (Wildman–Crippen MR) is 99.7 cm³/mol.